The van der Waals surface area contributed by atoms with E-state index in [0.29, 0.717) is 0 Å². The van der Waals surface area contributed by atoms with Crippen molar-refractivity contribution in [2.24, 2.45) is 11.7 Å². The van der Waals surface area contributed by atoms with Crippen LogP contribution < -0.4 is 5.73 Å². The van der Waals surface area contributed by atoms with Gasteiger partial charge in [0.05, 0.1) is 0 Å². The summed E-state index contributed by atoms with van der Waals surface area (Å²) >= 11 is 0. The Hall–Kier alpha value is -0.860. The van der Waals surface area contributed by atoms with Crippen molar-refractivity contribution in [1.29, 1.82) is 0 Å². The summed E-state index contributed by atoms with van der Waals surface area (Å²) in [6.45, 7) is 7.90. The van der Waals surface area contributed by atoms with Crippen molar-refractivity contribution in [3.63, 3.8) is 0 Å². The number of likely N-dealkylation sites (tertiary alicyclic amines) is 1. The topological polar surface area (TPSA) is 29.3 Å². The van der Waals surface area contributed by atoms with Crippen molar-refractivity contribution in [3.05, 3.63) is 35.4 Å². The Morgan fingerprint density at radius 2 is 1.94 bits per heavy atom. The molecule has 0 aliphatic carbocycles. The monoisotopic (exact) mass is 246 g/mol. The first-order valence-electron chi connectivity index (χ1n) is 7.19. The lowest BCUT2D eigenvalue weighted by atomic mass is 10.0. The highest BCUT2D eigenvalue weighted by molar-refractivity contribution is 5.24. The Morgan fingerprint density at radius 3 is 2.67 bits per heavy atom. The average molecular weight is 246 g/mol. The predicted molar refractivity (Wildman–Crippen MR) is 77.6 cm³/mol. The van der Waals surface area contributed by atoms with Gasteiger partial charge in [0.25, 0.3) is 0 Å². The second-order valence-corrected chi connectivity index (χ2v) is 5.85. The molecule has 1 heterocycles. The minimum atomic E-state index is 0.152. The molecule has 1 aliphatic rings. The summed E-state index contributed by atoms with van der Waals surface area (Å²) in [5.41, 5.74) is 8.88. The van der Waals surface area contributed by atoms with Gasteiger partial charge in [-0.25, -0.2) is 0 Å². The zero-order chi connectivity index (χ0) is 13.0. The average Bonchev–Trinajstić information content (AvgIpc) is 2.55. The molecule has 0 amide bonds. The molecule has 100 valence electrons. The van der Waals surface area contributed by atoms with Gasteiger partial charge in [0, 0.05) is 12.6 Å². The van der Waals surface area contributed by atoms with Gasteiger partial charge >= 0.3 is 0 Å². The lowest BCUT2D eigenvalue weighted by Gasteiger charge is -2.24. The zero-order valence-corrected chi connectivity index (χ0v) is 11.7. The van der Waals surface area contributed by atoms with Crippen molar-refractivity contribution in [2.45, 2.75) is 39.2 Å². The van der Waals surface area contributed by atoms with Crippen molar-refractivity contribution in [2.75, 3.05) is 19.6 Å². The maximum Gasteiger partial charge on any atom is 0.0424 e. The first-order valence-corrected chi connectivity index (χ1v) is 7.19. The van der Waals surface area contributed by atoms with E-state index in [1.165, 1.54) is 43.5 Å². The fourth-order valence-corrected chi connectivity index (χ4v) is 2.70. The molecule has 2 N–H and O–H groups in total. The van der Waals surface area contributed by atoms with Crippen LogP contribution in [0.2, 0.25) is 0 Å². The number of hydrogen-bond acceptors (Lipinski definition) is 2. The highest BCUT2D eigenvalue weighted by atomic mass is 15.1. The first-order chi connectivity index (χ1) is 8.65. The predicted octanol–water partition coefficient (Wildman–Crippen LogP) is 3.12. The third kappa shape index (κ3) is 3.82. The van der Waals surface area contributed by atoms with Crippen LogP contribution in [0, 0.1) is 12.8 Å². The molecule has 2 unspecified atom stereocenters. The third-order valence-corrected chi connectivity index (χ3v) is 4.07. The maximum atomic E-state index is 6.32. The molecule has 2 atom stereocenters. The second kappa shape index (κ2) is 6.35. The minimum absolute atomic E-state index is 0.152. The molecule has 1 aromatic carbocycles. The number of aryl methyl sites for hydroxylation is 1. The molecule has 1 aliphatic heterocycles. The molecule has 1 saturated heterocycles. The SMILES string of the molecule is Cc1ccc(C(N)CN2CCCC(C)CC2)cc1. The Labute approximate surface area is 111 Å². The van der Waals surface area contributed by atoms with Crippen LogP contribution in [-0.2, 0) is 0 Å². The molecule has 2 heteroatoms. The molecule has 0 bridgehead atoms. The van der Waals surface area contributed by atoms with Gasteiger partial charge in [0.1, 0.15) is 0 Å². The number of benzene rings is 1. The smallest absolute Gasteiger partial charge is 0.0424 e. The minimum Gasteiger partial charge on any atom is -0.323 e. The summed E-state index contributed by atoms with van der Waals surface area (Å²) in [6, 6.07) is 8.79. The molecular formula is C16H26N2. The summed E-state index contributed by atoms with van der Waals surface area (Å²) in [5, 5.41) is 0. The van der Waals surface area contributed by atoms with Crippen LogP contribution in [0.1, 0.15) is 43.4 Å². The van der Waals surface area contributed by atoms with E-state index in [2.05, 4.69) is 43.0 Å². The third-order valence-electron chi connectivity index (χ3n) is 4.07. The quantitative estimate of drug-likeness (QED) is 0.888. The number of nitrogens with zero attached hydrogens (tertiary/aromatic N) is 1. The summed E-state index contributed by atoms with van der Waals surface area (Å²) in [6.07, 6.45) is 4.01. The van der Waals surface area contributed by atoms with Crippen LogP contribution in [0.25, 0.3) is 0 Å². The molecule has 0 spiro atoms. The van der Waals surface area contributed by atoms with E-state index in [9.17, 15) is 0 Å². The van der Waals surface area contributed by atoms with E-state index in [-0.39, 0.29) is 6.04 Å². The van der Waals surface area contributed by atoms with Gasteiger partial charge in [-0.2, -0.15) is 0 Å². The number of hydrogen-bond donors (Lipinski definition) is 1. The summed E-state index contributed by atoms with van der Waals surface area (Å²) in [5.74, 6) is 0.880. The zero-order valence-electron chi connectivity index (χ0n) is 11.7. The Morgan fingerprint density at radius 1 is 1.22 bits per heavy atom. The van der Waals surface area contributed by atoms with Gasteiger partial charge in [0.15, 0.2) is 0 Å². The largest absolute Gasteiger partial charge is 0.323 e. The van der Waals surface area contributed by atoms with Gasteiger partial charge in [-0.15, -0.1) is 0 Å². The number of nitrogens with two attached hydrogens (primary N) is 1. The summed E-state index contributed by atoms with van der Waals surface area (Å²) in [7, 11) is 0. The van der Waals surface area contributed by atoms with Crippen molar-refractivity contribution >= 4 is 0 Å². The molecule has 0 saturated carbocycles. The number of rotatable bonds is 3. The molecule has 1 fully saturated rings. The molecule has 18 heavy (non-hydrogen) atoms. The van der Waals surface area contributed by atoms with E-state index >= 15 is 0 Å². The molecule has 0 radical (unpaired) electrons. The Balaban J connectivity index is 1.90. The molecule has 1 aromatic rings. The van der Waals surface area contributed by atoms with Gasteiger partial charge in [0.2, 0.25) is 0 Å². The highest BCUT2D eigenvalue weighted by Crippen LogP contribution is 2.19. The first kappa shape index (κ1) is 13.6. The van der Waals surface area contributed by atoms with Crippen LogP contribution in [0.15, 0.2) is 24.3 Å². The van der Waals surface area contributed by atoms with Crippen molar-refractivity contribution in [3.8, 4) is 0 Å². The maximum absolute atomic E-state index is 6.32. The summed E-state index contributed by atoms with van der Waals surface area (Å²) < 4.78 is 0. The summed E-state index contributed by atoms with van der Waals surface area (Å²) in [4.78, 5) is 2.54. The van der Waals surface area contributed by atoms with Crippen LogP contribution in [0.4, 0.5) is 0 Å². The van der Waals surface area contributed by atoms with E-state index in [4.69, 9.17) is 5.73 Å². The van der Waals surface area contributed by atoms with E-state index in [1.807, 2.05) is 0 Å². The second-order valence-electron chi connectivity index (χ2n) is 5.85. The van der Waals surface area contributed by atoms with Crippen LogP contribution in [0.3, 0.4) is 0 Å². The van der Waals surface area contributed by atoms with E-state index in [1.54, 1.807) is 0 Å². The lowest BCUT2D eigenvalue weighted by Crippen LogP contribution is -2.33. The van der Waals surface area contributed by atoms with Gasteiger partial charge in [-0.3, -0.25) is 0 Å². The normalized spacial score (nSPS) is 23.6. The standard InChI is InChI=1S/C16H26N2/c1-13-4-3-10-18(11-9-13)12-16(17)15-7-5-14(2)6-8-15/h5-8,13,16H,3-4,9-12,17H2,1-2H3. The highest BCUT2D eigenvalue weighted by Gasteiger charge is 2.16. The van der Waals surface area contributed by atoms with Crippen LogP contribution in [0.5, 0.6) is 0 Å². The van der Waals surface area contributed by atoms with Crippen molar-refractivity contribution in [1.82, 2.24) is 4.90 Å². The molecular weight excluding hydrogens is 220 g/mol. The van der Waals surface area contributed by atoms with E-state index < -0.39 is 0 Å². The van der Waals surface area contributed by atoms with Gasteiger partial charge in [-0.05, 0) is 50.8 Å². The fourth-order valence-electron chi connectivity index (χ4n) is 2.70. The van der Waals surface area contributed by atoms with Crippen LogP contribution in [-0.4, -0.2) is 24.5 Å². The Kier molecular flexibility index (Phi) is 4.79. The molecule has 2 nitrogen and oxygen atoms in total. The van der Waals surface area contributed by atoms with Gasteiger partial charge < -0.3 is 10.6 Å². The van der Waals surface area contributed by atoms with Crippen molar-refractivity contribution < 1.29 is 0 Å². The Bertz CT molecular complexity index is 358. The fraction of sp³-hybridized carbons (Fsp3) is 0.625. The van der Waals surface area contributed by atoms with Gasteiger partial charge in [-0.1, -0.05) is 36.8 Å². The van der Waals surface area contributed by atoms with E-state index in [0.717, 1.165) is 12.5 Å². The molecule has 0 aromatic heterocycles. The van der Waals surface area contributed by atoms with Crippen LogP contribution >= 0.6 is 0 Å². The lowest BCUT2D eigenvalue weighted by molar-refractivity contribution is 0.265. The molecule has 2 rings (SSSR count).